The molecule has 0 spiro atoms. The molecule has 0 aliphatic carbocycles. The molecule has 0 aromatic rings. The second-order valence-electron chi connectivity index (χ2n) is 4.18. The van der Waals surface area contributed by atoms with Crippen LogP contribution < -0.4 is 0 Å². The molecule has 0 aromatic heterocycles. The van der Waals surface area contributed by atoms with Crippen LogP contribution in [0.15, 0.2) is 0 Å². The lowest BCUT2D eigenvalue weighted by Gasteiger charge is -2.32. The number of hydrogen-bond donors (Lipinski definition) is 2. The highest BCUT2D eigenvalue weighted by Gasteiger charge is 2.44. The van der Waals surface area contributed by atoms with Gasteiger partial charge in [0, 0.05) is 6.42 Å². The molecule has 0 radical (unpaired) electrons. The van der Waals surface area contributed by atoms with Crippen LogP contribution >= 0.6 is 7.60 Å². The van der Waals surface area contributed by atoms with Crippen molar-refractivity contribution >= 4 is 13.6 Å². The molecule has 0 saturated carbocycles. The number of hydrogen-bond acceptors (Lipinski definition) is 3. The third kappa shape index (κ3) is 4.78. The third-order valence-electron chi connectivity index (χ3n) is 3.09. The zero-order valence-electron chi connectivity index (χ0n) is 10.8. The van der Waals surface area contributed by atoms with E-state index in [2.05, 4.69) is 0 Å². The Morgan fingerprint density at radius 3 is 2.18 bits per heavy atom. The molecule has 1 atom stereocenters. The van der Waals surface area contributed by atoms with E-state index in [1.807, 2.05) is 6.92 Å². The van der Waals surface area contributed by atoms with Crippen molar-refractivity contribution in [3.05, 3.63) is 0 Å². The maximum atomic E-state index is 11.6. The van der Waals surface area contributed by atoms with Crippen molar-refractivity contribution in [3.8, 4) is 0 Å². The molecule has 0 aliphatic heterocycles. The summed E-state index contributed by atoms with van der Waals surface area (Å²) in [6, 6.07) is 0. The molecular formula is C11H23O5P. The van der Waals surface area contributed by atoms with Crippen molar-refractivity contribution in [1.29, 1.82) is 0 Å². The highest BCUT2D eigenvalue weighted by Crippen LogP contribution is 2.57. The Morgan fingerprint density at radius 2 is 1.82 bits per heavy atom. The van der Waals surface area contributed by atoms with E-state index in [0.717, 1.165) is 0 Å². The van der Waals surface area contributed by atoms with Gasteiger partial charge in [-0.2, -0.15) is 0 Å². The summed E-state index contributed by atoms with van der Waals surface area (Å²) < 4.78 is 16.4. The van der Waals surface area contributed by atoms with E-state index in [4.69, 9.17) is 4.74 Å². The Morgan fingerprint density at radius 1 is 1.24 bits per heavy atom. The first-order chi connectivity index (χ1) is 7.83. The standard InChI is InChI=1S/C11H23O5P/c1-4-8-11(5-2,17(13,14)15)9-7-10(12)16-6-3/h4-9H2,1-3H3,(H2,13,14,15). The summed E-state index contributed by atoms with van der Waals surface area (Å²) >= 11 is 0. The van der Waals surface area contributed by atoms with Crippen molar-refractivity contribution in [2.24, 2.45) is 0 Å². The van der Waals surface area contributed by atoms with Gasteiger partial charge in [0.1, 0.15) is 0 Å². The molecule has 5 nitrogen and oxygen atoms in total. The van der Waals surface area contributed by atoms with Gasteiger partial charge in [-0.15, -0.1) is 0 Å². The molecule has 17 heavy (non-hydrogen) atoms. The van der Waals surface area contributed by atoms with E-state index in [1.165, 1.54) is 0 Å². The molecule has 6 heteroatoms. The summed E-state index contributed by atoms with van der Waals surface area (Å²) in [6.07, 6.45) is 1.72. The minimum atomic E-state index is -4.21. The van der Waals surface area contributed by atoms with Gasteiger partial charge >= 0.3 is 13.6 Å². The molecular weight excluding hydrogens is 243 g/mol. The fourth-order valence-corrected chi connectivity index (χ4v) is 3.34. The molecule has 0 rings (SSSR count). The zero-order chi connectivity index (χ0) is 13.5. The quantitative estimate of drug-likeness (QED) is 0.520. The SMILES string of the molecule is CCCC(CC)(CCC(=O)OCC)P(=O)(O)O. The van der Waals surface area contributed by atoms with Crippen LogP contribution in [0.25, 0.3) is 0 Å². The van der Waals surface area contributed by atoms with Gasteiger partial charge in [-0.3, -0.25) is 9.36 Å². The second-order valence-corrected chi connectivity index (χ2v) is 6.21. The van der Waals surface area contributed by atoms with Gasteiger partial charge in [0.15, 0.2) is 0 Å². The van der Waals surface area contributed by atoms with Crippen LogP contribution in [0.5, 0.6) is 0 Å². The predicted octanol–water partition coefficient (Wildman–Crippen LogP) is 2.46. The van der Waals surface area contributed by atoms with Crippen LogP contribution in [0.2, 0.25) is 0 Å². The first-order valence-electron chi connectivity index (χ1n) is 6.04. The first kappa shape index (κ1) is 16.6. The van der Waals surface area contributed by atoms with Crippen molar-refractivity contribution in [1.82, 2.24) is 0 Å². The molecule has 0 amide bonds. The van der Waals surface area contributed by atoms with Crippen molar-refractivity contribution < 1.29 is 23.9 Å². The normalized spacial score (nSPS) is 15.4. The van der Waals surface area contributed by atoms with Crippen LogP contribution in [0.4, 0.5) is 0 Å². The van der Waals surface area contributed by atoms with Gasteiger partial charge in [-0.25, -0.2) is 0 Å². The average molecular weight is 266 g/mol. The minimum Gasteiger partial charge on any atom is -0.466 e. The Kier molecular flexibility index (Phi) is 6.98. The second kappa shape index (κ2) is 7.14. The number of esters is 1. The number of rotatable bonds is 8. The van der Waals surface area contributed by atoms with Gasteiger partial charge in [-0.05, 0) is 26.2 Å². The maximum absolute atomic E-state index is 11.6. The Hall–Kier alpha value is -0.380. The topological polar surface area (TPSA) is 83.8 Å². The number of carbonyl (C=O) groups is 1. The van der Waals surface area contributed by atoms with Crippen molar-refractivity contribution in [2.75, 3.05) is 6.61 Å². The molecule has 0 heterocycles. The minimum absolute atomic E-state index is 0.0623. The molecule has 0 fully saturated rings. The van der Waals surface area contributed by atoms with E-state index in [0.29, 0.717) is 25.9 Å². The van der Waals surface area contributed by atoms with Crippen LogP contribution in [0.3, 0.4) is 0 Å². The summed E-state index contributed by atoms with van der Waals surface area (Å²) in [4.78, 5) is 30.2. The third-order valence-corrected chi connectivity index (χ3v) is 5.09. The van der Waals surface area contributed by atoms with E-state index < -0.39 is 18.7 Å². The fraction of sp³-hybridized carbons (Fsp3) is 0.909. The summed E-state index contributed by atoms with van der Waals surface area (Å²) in [5, 5.41) is -1.07. The highest BCUT2D eigenvalue weighted by atomic mass is 31.2. The summed E-state index contributed by atoms with van der Waals surface area (Å²) in [5.74, 6) is -0.394. The van der Waals surface area contributed by atoms with Crippen LogP contribution in [0.1, 0.15) is 52.9 Å². The molecule has 0 bridgehead atoms. The van der Waals surface area contributed by atoms with Gasteiger partial charge in [0.05, 0.1) is 11.8 Å². The van der Waals surface area contributed by atoms with E-state index >= 15 is 0 Å². The maximum Gasteiger partial charge on any atom is 0.331 e. The van der Waals surface area contributed by atoms with Gasteiger partial charge in [-0.1, -0.05) is 20.3 Å². The van der Waals surface area contributed by atoms with E-state index in [1.54, 1.807) is 13.8 Å². The molecule has 0 saturated heterocycles. The number of carbonyl (C=O) groups excluding carboxylic acids is 1. The van der Waals surface area contributed by atoms with Crippen LogP contribution in [-0.4, -0.2) is 27.5 Å². The lowest BCUT2D eigenvalue weighted by molar-refractivity contribution is -0.143. The molecule has 0 aromatic carbocycles. The molecule has 2 N–H and O–H groups in total. The highest BCUT2D eigenvalue weighted by molar-refractivity contribution is 7.53. The Bertz CT molecular complexity index is 286. The van der Waals surface area contributed by atoms with Crippen LogP contribution in [0, 0.1) is 0 Å². The van der Waals surface area contributed by atoms with Crippen LogP contribution in [-0.2, 0) is 14.1 Å². The lowest BCUT2D eigenvalue weighted by atomic mass is 9.94. The predicted molar refractivity (Wildman–Crippen MR) is 65.8 cm³/mol. The molecule has 0 aliphatic rings. The van der Waals surface area contributed by atoms with E-state index in [9.17, 15) is 19.1 Å². The first-order valence-corrected chi connectivity index (χ1v) is 7.65. The largest absolute Gasteiger partial charge is 0.466 e. The summed E-state index contributed by atoms with van der Waals surface area (Å²) in [5.41, 5.74) is 0. The van der Waals surface area contributed by atoms with E-state index in [-0.39, 0.29) is 12.8 Å². The van der Waals surface area contributed by atoms with Crippen molar-refractivity contribution in [3.63, 3.8) is 0 Å². The fourth-order valence-electron chi connectivity index (χ4n) is 2.01. The molecule has 1 unspecified atom stereocenters. The molecule has 102 valence electrons. The lowest BCUT2D eigenvalue weighted by Crippen LogP contribution is -2.29. The Labute approximate surface area is 103 Å². The summed E-state index contributed by atoms with van der Waals surface area (Å²) in [7, 11) is -4.21. The smallest absolute Gasteiger partial charge is 0.331 e. The van der Waals surface area contributed by atoms with Gasteiger partial charge in [0.2, 0.25) is 0 Å². The van der Waals surface area contributed by atoms with Crippen molar-refractivity contribution in [2.45, 2.75) is 58.0 Å². The van der Waals surface area contributed by atoms with Gasteiger partial charge in [0.25, 0.3) is 0 Å². The summed E-state index contributed by atoms with van der Waals surface area (Å²) in [6.45, 7) is 5.63. The monoisotopic (exact) mass is 266 g/mol. The number of ether oxygens (including phenoxy) is 1. The zero-order valence-corrected chi connectivity index (χ0v) is 11.7. The Balaban J connectivity index is 4.71. The average Bonchev–Trinajstić information content (AvgIpc) is 2.23. The van der Waals surface area contributed by atoms with Gasteiger partial charge < -0.3 is 14.5 Å².